The van der Waals surface area contributed by atoms with Gasteiger partial charge in [-0.15, -0.1) is 0 Å². The van der Waals surface area contributed by atoms with Gasteiger partial charge in [0.15, 0.2) is 9.84 Å². The van der Waals surface area contributed by atoms with Gasteiger partial charge in [-0.3, -0.25) is 9.69 Å². The van der Waals surface area contributed by atoms with Crippen LogP contribution in [-0.4, -0.2) is 61.4 Å². The van der Waals surface area contributed by atoms with Crippen LogP contribution in [0.3, 0.4) is 0 Å². The molecule has 0 radical (unpaired) electrons. The Hall–Kier alpha value is -0.660. The number of primary amides is 1. The zero-order valence-corrected chi connectivity index (χ0v) is 13.7. The predicted octanol–water partition coefficient (Wildman–Crippen LogP) is -0.263. The first-order valence-electron chi connectivity index (χ1n) is 7.08. The molecular weight excluding hydrogens is 278 g/mol. The summed E-state index contributed by atoms with van der Waals surface area (Å²) in [6, 6.07) is 0.150. The zero-order valence-electron chi connectivity index (χ0n) is 12.8. The Bertz CT molecular complexity index is 450. The zero-order chi connectivity index (χ0) is 15.6. The molecule has 0 aromatic carbocycles. The van der Waals surface area contributed by atoms with Crippen molar-refractivity contribution in [1.82, 2.24) is 10.2 Å². The molecule has 2 unspecified atom stereocenters. The summed E-state index contributed by atoms with van der Waals surface area (Å²) >= 11 is 0. The summed E-state index contributed by atoms with van der Waals surface area (Å²) in [7, 11) is -2.90. The van der Waals surface area contributed by atoms with E-state index in [0.717, 1.165) is 0 Å². The standard InChI is InChI=1S/C13H27N3O3S/c1-10(2)15-13(4,12(14)17)5-6-16-7-8-20(18,19)9-11(16)3/h10-11,15H,5-9H2,1-4H3,(H2,14,17). The molecule has 1 aliphatic rings. The molecule has 0 spiro atoms. The molecular formula is C13H27N3O3S. The summed E-state index contributed by atoms with van der Waals surface area (Å²) in [5.41, 5.74) is 4.74. The maximum atomic E-state index is 11.7. The predicted molar refractivity (Wildman–Crippen MR) is 80.2 cm³/mol. The summed E-state index contributed by atoms with van der Waals surface area (Å²) < 4.78 is 23.1. The number of nitrogens with zero attached hydrogens (tertiary/aromatic N) is 1. The van der Waals surface area contributed by atoms with Crippen molar-refractivity contribution in [2.75, 3.05) is 24.6 Å². The van der Waals surface area contributed by atoms with E-state index in [1.807, 2.05) is 20.8 Å². The quantitative estimate of drug-likeness (QED) is 0.705. The van der Waals surface area contributed by atoms with Gasteiger partial charge in [0.25, 0.3) is 0 Å². The Kier molecular flexibility index (Phi) is 5.57. The first-order valence-corrected chi connectivity index (χ1v) is 8.90. The molecule has 0 saturated carbocycles. The summed E-state index contributed by atoms with van der Waals surface area (Å²) in [5.74, 6) is 0.0172. The number of carbonyl (C=O) groups excluding carboxylic acids is 1. The van der Waals surface area contributed by atoms with E-state index in [-0.39, 0.29) is 29.5 Å². The highest BCUT2D eigenvalue weighted by atomic mass is 32.2. The number of nitrogens with two attached hydrogens (primary N) is 1. The molecule has 1 rings (SSSR count). The Morgan fingerprint density at radius 2 is 2.10 bits per heavy atom. The van der Waals surface area contributed by atoms with Crippen LogP contribution in [0.1, 0.15) is 34.1 Å². The fourth-order valence-electron chi connectivity index (χ4n) is 2.64. The highest BCUT2D eigenvalue weighted by Crippen LogP contribution is 2.16. The Labute approximate surface area is 122 Å². The van der Waals surface area contributed by atoms with E-state index >= 15 is 0 Å². The van der Waals surface area contributed by atoms with E-state index in [0.29, 0.717) is 19.5 Å². The van der Waals surface area contributed by atoms with E-state index in [1.54, 1.807) is 6.92 Å². The Balaban J connectivity index is 2.62. The van der Waals surface area contributed by atoms with Crippen molar-refractivity contribution in [3.63, 3.8) is 0 Å². The molecule has 6 nitrogen and oxygen atoms in total. The highest BCUT2D eigenvalue weighted by molar-refractivity contribution is 7.91. The van der Waals surface area contributed by atoms with Gasteiger partial charge in [-0.2, -0.15) is 0 Å². The average Bonchev–Trinajstić information content (AvgIpc) is 2.25. The minimum absolute atomic E-state index is 0.00933. The van der Waals surface area contributed by atoms with Crippen LogP contribution in [0.2, 0.25) is 0 Å². The van der Waals surface area contributed by atoms with Gasteiger partial charge in [-0.05, 0) is 34.1 Å². The summed E-state index contributed by atoms with van der Waals surface area (Å²) in [6.45, 7) is 8.85. The van der Waals surface area contributed by atoms with E-state index < -0.39 is 15.4 Å². The number of sulfone groups is 1. The SMILES string of the molecule is CC(C)NC(C)(CCN1CCS(=O)(=O)CC1C)C(N)=O. The van der Waals surface area contributed by atoms with Crippen LogP contribution in [-0.2, 0) is 14.6 Å². The van der Waals surface area contributed by atoms with Gasteiger partial charge in [-0.25, -0.2) is 8.42 Å². The lowest BCUT2D eigenvalue weighted by Gasteiger charge is -2.37. The second-order valence-electron chi connectivity index (χ2n) is 6.24. The fraction of sp³-hybridized carbons (Fsp3) is 0.923. The molecule has 1 heterocycles. The minimum Gasteiger partial charge on any atom is -0.368 e. The Morgan fingerprint density at radius 1 is 1.50 bits per heavy atom. The first-order chi connectivity index (χ1) is 9.06. The monoisotopic (exact) mass is 305 g/mol. The minimum atomic E-state index is -2.90. The summed E-state index contributed by atoms with van der Waals surface area (Å²) in [6.07, 6.45) is 0.574. The van der Waals surface area contributed by atoms with Gasteiger partial charge in [-0.1, -0.05) is 0 Å². The van der Waals surface area contributed by atoms with Crippen molar-refractivity contribution >= 4 is 15.7 Å². The summed E-state index contributed by atoms with van der Waals surface area (Å²) in [4.78, 5) is 13.8. The van der Waals surface area contributed by atoms with Crippen LogP contribution in [0, 0.1) is 0 Å². The molecule has 0 aromatic heterocycles. The third kappa shape index (κ3) is 4.71. The second kappa shape index (κ2) is 6.41. The van der Waals surface area contributed by atoms with Gasteiger partial charge in [0.1, 0.15) is 0 Å². The number of hydrogen-bond acceptors (Lipinski definition) is 5. The van der Waals surface area contributed by atoms with E-state index in [9.17, 15) is 13.2 Å². The first kappa shape index (κ1) is 17.4. The van der Waals surface area contributed by atoms with Gasteiger partial charge < -0.3 is 11.1 Å². The van der Waals surface area contributed by atoms with Gasteiger partial charge >= 0.3 is 0 Å². The molecule has 0 bridgehead atoms. The third-order valence-electron chi connectivity index (χ3n) is 3.86. The second-order valence-corrected chi connectivity index (χ2v) is 8.47. The maximum absolute atomic E-state index is 11.7. The lowest BCUT2D eigenvalue weighted by Crippen LogP contribution is -2.58. The number of carbonyl (C=O) groups is 1. The van der Waals surface area contributed by atoms with E-state index in [1.165, 1.54) is 0 Å². The van der Waals surface area contributed by atoms with Crippen LogP contribution >= 0.6 is 0 Å². The number of amides is 1. The molecule has 3 N–H and O–H groups in total. The van der Waals surface area contributed by atoms with Crippen molar-refractivity contribution in [2.45, 2.75) is 51.7 Å². The van der Waals surface area contributed by atoms with Crippen LogP contribution < -0.4 is 11.1 Å². The fourth-order valence-corrected chi connectivity index (χ4v) is 4.26. The van der Waals surface area contributed by atoms with Gasteiger partial charge in [0, 0.05) is 25.2 Å². The normalized spacial score (nSPS) is 26.4. The average molecular weight is 305 g/mol. The van der Waals surface area contributed by atoms with Crippen LogP contribution in [0.5, 0.6) is 0 Å². The lowest BCUT2D eigenvalue weighted by molar-refractivity contribution is -0.124. The number of hydrogen-bond donors (Lipinski definition) is 2. The highest BCUT2D eigenvalue weighted by Gasteiger charge is 2.34. The smallest absolute Gasteiger partial charge is 0.237 e. The van der Waals surface area contributed by atoms with Crippen molar-refractivity contribution < 1.29 is 13.2 Å². The van der Waals surface area contributed by atoms with Crippen molar-refractivity contribution in [2.24, 2.45) is 5.73 Å². The Morgan fingerprint density at radius 3 is 2.55 bits per heavy atom. The van der Waals surface area contributed by atoms with Crippen molar-refractivity contribution in [3.05, 3.63) is 0 Å². The lowest BCUT2D eigenvalue weighted by atomic mass is 9.95. The molecule has 118 valence electrons. The van der Waals surface area contributed by atoms with Crippen LogP contribution in [0.25, 0.3) is 0 Å². The topological polar surface area (TPSA) is 92.5 Å². The molecule has 20 heavy (non-hydrogen) atoms. The van der Waals surface area contributed by atoms with Crippen LogP contribution in [0.15, 0.2) is 0 Å². The van der Waals surface area contributed by atoms with Crippen molar-refractivity contribution in [3.8, 4) is 0 Å². The third-order valence-corrected chi connectivity index (χ3v) is 5.65. The van der Waals surface area contributed by atoms with E-state index in [2.05, 4.69) is 10.2 Å². The van der Waals surface area contributed by atoms with Crippen LogP contribution in [0.4, 0.5) is 0 Å². The van der Waals surface area contributed by atoms with E-state index in [4.69, 9.17) is 5.73 Å². The molecule has 1 fully saturated rings. The van der Waals surface area contributed by atoms with Crippen molar-refractivity contribution in [1.29, 1.82) is 0 Å². The molecule has 1 aliphatic heterocycles. The number of nitrogens with one attached hydrogen (secondary N) is 1. The molecule has 0 aromatic rings. The maximum Gasteiger partial charge on any atom is 0.237 e. The van der Waals surface area contributed by atoms with Gasteiger partial charge in [0.2, 0.25) is 5.91 Å². The molecule has 7 heteroatoms. The largest absolute Gasteiger partial charge is 0.368 e. The summed E-state index contributed by atoms with van der Waals surface area (Å²) in [5, 5.41) is 3.21. The molecule has 1 amide bonds. The molecule has 2 atom stereocenters. The molecule has 0 aliphatic carbocycles. The molecule has 1 saturated heterocycles. The number of rotatable bonds is 6. The van der Waals surface area contributed by atoms with Gasteiger partial charge in [0.05, 0.1) is 17.0 Å².